The van der Waals surface area contributed by atoms with Gasteiger partial charge < -0.3 is 15.5 Å². The summed E-state index contributed by atoms with van der Waals surface area (Å²) in [6.45, 7) is 2.04. The monoisotopic (exact) mass is 237 g/mol. The molecule has 1 aliphatic rings. The molecule has 0 aliphatic carbocycles. The number of rotatable bonds is 3. The van der Waals surface area contributed by atoms with Gasteiger partial charge in [0, 0.05) is 19.6 Å². The van der Waals surface area contributed by atoms with Crippen molar-refractivity contribution < 1.29 is 4.39 Å². The first kappa shape index (κ1) is 12.2. The number of nitrogen functional groups attached to an aromatic ring is 1. The molecule has 0 saturated carbocycles. The van der Waals surface area contributed by atoms with Crippen molar-refractivity contribution in [1.82, 2.24) is 4.90 Å². The minimum absolute atomic E-state index is 0.235. The van der Waals surface area contributed by atoms with E-state index in [4.69, 9.17) is 5.73 Å². The van der Waals surface area contributed by atoms with Crippen molar-refractivity contribution >= 4 is 11.4 Å². The van der Waals surface area contributed by atoms with Crippen molar-refractivity contribution in [2.24, 2.45) is 0 Å². The van der Waals surface area contributed by atoms with E-state index in [0.29, 0.717) is 11.7 Å². The molecule has 0 radical (unpaired) electrons. The first-order valence-electron chi connectivity index (χ1n) is 6.04. The van der Waals surface area contributed by atoms with Crippen LogP contribution in [0.3, 0.4) is 0 Å². The average Bonchev–Trinajstić information content (AvgIpc) is 2.68. The van der Waals surface area contributed by atoms with E-state index in [9.17, 15) is 4.39 Å². The minimum Gasteiger partial charge on any atom is -0.397 e. The number of hydrogen-bond acceptors (Lipinski definition) is 3. The zero-order valence-corrected chi connectivity index (χ0v) is 10.5. The van der Waals surface area contributed by atoms with Crippen LogP contribution in [0, 0.1) is 5.82 Å². The Bertz CT molecular complexity index is 394. The van der Waals surface area contributed by atoms with E-state index in [1.165, 1.54) is 25.0 Å². The summed E-state index contributed by atoms with van der Waals surface area (Å²) in [6.07, 6.45) is 2.45. The van der Waals surface area contributed by atoms with Crippen LogP contribution in [-0.4, -0.2) is 38.1 Å². The molecule has 0 amide bonds. The molecule has 0 spiro atoms. The van der Waals surface area contributed by atoms with Crippen LogP contribution in [-0.2, 0) is 0 Å². The summed E-state index contributed by atoms with van der Waals surface area (Å²) >= 11 is 0. The van der Waals surface area contributed by atoms with E-state index >= 15 is 0 Å². The van der Waals surface area contributed by atoms with Gasteiger partial charge in [0.1, 0.15) is 5.82 Å². The molecule has 94 valence electrons. The molecule has 17 heavy (non-hydrogen) atoms. The number of nitrogens with two attached hydrogens (primary N) is 1. The Morgan fingerprint density at radius 2 is 2.29 bits per heavy atom. The number of anilines is 2. The third-order valence-electron chi connectivity index (χ3n) is 3.56. The van der Waals surface area contributed by atoms with Crippen LogP contribution < -0.4 is 10.6 Å². The number of halogens is 1. The van der Waals surface area contributed by atoms with E-state index in [2.05, 4.69) is 11.9 Å². The van der Waals surface area contributed by atoms with Gasteiger partial charge in [0.2, 0.25) is 0 Å². The second-order valence-corrected chi connectivity index (χ2v) is 4.86. The third kappa shape index (κ3) is 2.69. The van der Waals surface area contributed by atoms with Crippen LogP contribution in [0.2, 0.25) is 0 Å². The molecular formula is C13H20FN3. The maximum atomic E-state index is 13.2. The van der Waals surface area contributed by atoms with E-state index in [1.807, 2.05) is 11.9 Å². The van der Waals surface area contributed by atoms with Gasteiger partial charge in [-0.15, -0.1) is 0 Å². The second-order valence-electron chi connectivity index (χ2n) is 4.86. The van der Waals surface area contributed by atoms with E-state index in [0.717, 1.165) is 18.8 Å². The Hall–Kier alpha value is -1.29. The highest BCUT2D eigenvalue weighted by molar-refractivity contribution is 5.67. The first-order chi connectivity index (χ1) is 8.08. The highest BCUT2D eigenvalue weighted by atomic mass is 19.1. The quantitative estimate of drug-likeness (QED) is 0.815. The van der Waals surface area contributed by atoms with Gasteiger partial charge in [0.05, 0.1) is 11.4 Å². The zero-order chi connectivity index (χ0) is 12.4. The summed E-state index contributed by atoms with van der Waals surface area (Å²) in [6, 6.07) is 5.07. The molecule has 1 heterocycles. The highest BCUT2D eigenvalue weighted by Crippen LogP contribution is 2.25. The Labute approximate surface area is 102 Å². The zero-order valence-electron chi connectivity index (χ0n) is 10.5. The van der Waals surface area contributed by atoms with Crippen LogP contribution in [0.1, 0.15) is 12.8 Å². The van der Waals surface area contributed by atoms with Crippen LogP contribution in [0.15, 0.2) is 18.2 Å². The van der Waals surface area contributed by atoms with Crippen LogP contribution >= 0.6 is 0 Å². The third-order valence-corrected chi connectivity index (χ3v) is 3.56. The van der Waals surface area contributed by atoms with E-state index < -0.39 is 0 Å². The summed E-state index contributed by atoms with van der Waals surface area (Å²) in [7, 11) is 4.11. The van der Waals surface area contributed by atoms with Gasteiger partial charge in [0.15, 0.2) is 0 Å². The summed E-state index contributed by atoms with van der Waals surface area (Å²) in [4.78, 5) is 4.40. The molecule has 0 aromatic heterocycles. The fourth-order valence-electron chi connectivity index (χ4n) is 2.47. The van der Waals surface area contributed by atoms with Gasteiger partial charge in [-0.2, -0.15) is 0 Å². The molecular weight excluding hydrogens is 217 g/mol. The summed E-state index contributed by atoms with van der Waals surface area (Å²) in [5.74, 6) is -0.235. The predicted molar refractivity (Wildman–Crippen MR) is 69.7 cm³/mol. The lowest BCUT2D eigenvalue weighted by molar-refractivity contribution is 0.314. The molecule has 1 unspecified atom stereocenters. The van der Waals surface area contributed by atoms with Crippen molar-refractivity contribution in [2.45, 2.75) is 18.9 Å². The molecule has 0 bridgehead atoms. The Morgan fingerprint density at radius 3 is 2.94 bits per heavy atom. The Balaban J connectivity index is 2.08. The van der Waals surface area contributed by atoms with Gasteiger partial charge >= 0.3 is 0 Å². The minimum atomic E-state index is -0.235. The fraction of sp³-hybridized carbons (Fsp3) is 0.538. The van der Waals surface area contributed by atoms with Crippen molar-refractivity contribution in [3.63, 3.8) is 0 Å². The number of benzene rings is 1. The molecule has 1 fully saturated rings. The normalized spacial score (nSPS) is 20.8. The molecule has 1 saturated heterocycles. The van der Waals surface area contributed by atoms with Gasteiger partial charge in [-0.25, -0.2) is 4.39 Å². The molecule has 1 atom stereocenters. The van der Waals surface area contributed by atoms with Crippen LogP contribution in [0.25, 0.3) is 0 Å². The predicted octanol–water partition coefficient (Wildman–Crippen LogP) is 1.94. The highest BCUT2D eigenvalue weighted by Gasteiger charge is 2.22. The van der Waals surface area contributed by atoms with Gasteiger partial charge in [-0.1, -0.05) is 0 Å². The van der Waals surface area contributed by atoms with Gasteiger partial charge in [0.25, 0.3) is 0 Å². The first-order valence-corrected chi connectivity index (χ1v) is 6.04. The number of nitrogens with zero attached hydrogens (tertiary/aromatic N) is 2. The lowest BCUT2D eigenvalue weighted by atomic mass is 10.2. The largest absolute Gasteiger partial charge is 0.397 e. The van der Waals surface area contributed by atoms with E-state index in [-0.39, 0.29) is 5.82 Å². The molecule has 1 aliphatic heterocycles. The molecule has 2 rings (SSSR count). The number of likely N-dealkylation sites (N-methyl/N-ethyl adjacent to an activating group) is 2. The summed E-state index contributed by atoms with van der Waals surface area (Å²) < 4.78 is 13.2. The molecule has 1 aromatic rings. The van der Waals surface area contributed by atoms with Crippen molar-refractivity contribution in [1.29, 1.82) is 0 Å². The molecule has 4 heteroatoms. The van der Waals surface area contributed by atoms with Crippen LogP contribution in [0.5, 0.6) is 0 Å². The fourth-order valence-corrected chi connectivity index (χ4v) is 2.47. The Morgan fingerprint density at radius 1 is 1.53 bits per heavy atom. The number of likely N-dealkylation sites (tertiary alicyclic amines) is 1. The van der Waals surface area contributed by atoms with Crippen molar-refractivity contribution in [2.75, 3.05) is 37.8 Å². The summed E-state index contributed by atoms with van der Waals surface area (Å²) in [5, 5.41) is 0. The second kappa shape index (κ2) is 4.92. The average molecular weight is 237 g/mol. The standard InChI is InChI=1S/C13H20FN3/c1-16-7-3-4-11(16)9-17(2)13-8-10(14)5-6-12(13)15/h5-6,8,11H,3-4,7,9,15H2,1-2H3. The Kier molecular flexibility index (Phi) is 3.52. The van der Waals surface area contributed by atoms with Gasteiger partial charge in [-0.05, 0) is 44.6 Å². The maximum Gasteiger partial charge on any atom is 0.125 e. The summed E-state index contributed by atoms with van der Waals surface area (Å²) in [5.41, 5.74) is 7.29. The molecule has 1 aromatic carbocycles. The SMILES string of the molecule is CN(CC1CCCN1C)c1cc(F)ccc1N. The van der Waals surface area contributed by atoms with Crippen molar-refractivity contribution in [3.05, 3.63) is 24.0 Å². The van der Waals surface area contributed by atoms with Crippen LogP contribution in [0.4, 0.5) is 15.8 Å². The number of hydrogen-bond donors (Lipinski definition) is 1. The molecule has 2 N–H and O–H groups in total. The lowest BCUT2D eigenvalue weighted by Crippen LogP contribution is -2.36. The molecule has 3 nitrogen and oxygen atoms in total. The van der Waals surface area contributed by atoms with E-state index in [1.54, 1.807) is 6.07 Å². The maximum absolute atomic E-state index is 13.2. The lowest BCUT2D eigenvalue weighted by Gasteiger charge is -2.28. The smallest absolute Gasteiger partial charge is 0.125 e. The topological polar surface area (TPSA) is 32.5 Å². The van der Waals surface area contributed by atoms with Gasteiger partial charge in [-0.3, -0.25) is 0 Å². The van der Waals surface area contributed by atoms with Crippen molar-refractivity contribution in [3.8, 4) is 0 Å².